The minimum absolute atomic E-state index is 0.0304. The zero-order chi connectivity index (χ0) is 15.9. The van der Waals surface area contributed by atoms with Crippen molar-refractivity contribution in [1.82, 2.24) is 14.6 Å². The number of nitrogens with zero attached hydrogens (tertiary/aromatic N) is 1. The van der Waals surface area contributed by atoms with Crippen LogP contribution >= 0.6 is 0 Å². The largest absolute Gasteiger partial charge is 0.349 e. The van der Waals surface area contributed by atoms with E-state index in [4.69, 9.17) is 0 Å². The highest BCUT2D eigenvalue weighted by molar-refractivity contribution is 7.89. The topological polar surface area (TPSA) is 63.1 Å². The number of nitrogens with one attached hydrogen (secondary N) is 2. The maximum absolute atomic E-state index is 12.4. The summed E-state index contributed by atoms with van der Waals surface area (Å²) in [5.41, 5.74) is 1.00. The van der Waals surface area contributed by atoms with Crippen molar-refractivity contribution in [3.05, 3.63) is 18.0 Å². The van der Waals surface area contributed by atoms with Crippen LogP contribution in [0, 0.1) is 0 Å². The maximum Gasteiger partial charge on any atom is 0.242 e. The van der Waals surface area contributed by atoms with E-state index in [1.165, 1.54) is 0 Å². The molecule has 1 heterocycles. The molecule has 1 unspecified atom stereocenters. The van der Waals surface area contributed by atoms with Crippen LogP contribution in [-0.4, -0.2) is 25.6 Å². The Balaban J connectivity index is 2.85. The fourth-order valence-electron chi connectivity index (χ4n) is 2.27. The number of sulfonamides is 1. The smallest absolute Gasteiger partial charge is 0.242 e. The van der Waals surface area contributed by atoms with Gasteiger partial charge in [0.2, 0.25) is 10.0 Å². The second-order valence-electron chi connectivity index (χ2n) is 5.40. The predicted octanol–water partition coefficient (Wildman–Crippen LogP) is 2.47. The molecule has 0 radical (unpaired) electrons. The zero-order valence-corrected chi connectivity index (χ0v) is 14.5. The highest BCUT2D eigenvalue weighted by Crippen LogP contribution is 2.16. The van der Waals surface area contributed by atoms with Crippen molar-refractivity contribution in [1.29, 1.82) is 0 Å². The van der Waals surface area contributed by atoms with E-state index in [1.54, 1.807) is 12.3 Å². The summed E-state index contributed by atoms with van der Waals surface area (Å²) in [7, 11) is -3.43. The van der Waals surface area contributed by atoms with E-state index in [2.05, 4.69) is 17.0 Å². The first-order chi connectivity index (χ1) is 9.94. The van der Waals surface area contributed by atoms with Crippen molar-refractivity contribution in [3.8, 4) is 0 Å². The first-order valence-corrected chi connectivity index (χ1v) is 9.35. The molecule has 1 aromatic rings. The number of rotatable bonds is 10. The number of hydrogen-bond donors (Lipinski definition) is 2. The van der Waals surface area contributed by atoms with Gasteiger partial charge in [-0.2, -0.15) is 0 Å². The molecule has 0 saturated carbocycles. The molecule has 1 rings (SSSR count). The molecule has 1 aromatic heterocycles. The first kappa shape index (κ1) is 18.2. The maximum atomic E-state index is 12.4. The average molecular weight is 315 g/mol. The molecule has 5 nitrogen and oxygen atoms in total. The van der Waals surface area contributed by atoms with Gasteiger partial charge in [-0.05, 0) is 32.9 Å². The van der Waals surface area contributed by atoms with Crippen molar-refractivity contribution in [3.63, 3.8) is 0 Å². The summed E-state index contributed by atoms with van der Waals surface area (Å²) in [5.74, 6) is 0. The molecule has 0 spiro atoms. The molecule has 0 aliphatic carbocycles. The Kier molecular flexibility index (Phi) is 7.42. The SMILES string of the molecule is CCCCC(C)NS(=O)(=O)c1cc(CNCC)n(CC)c1. The summed E-state index contributed by atoms with van der Waals surface area (Å²) in [5, 5.41) is 3.24. The lowest BCUT2D eigenvalue weighted by atomic mass is 10.2. The molecule has 1 atom stereocenters. The average Bonchev–Trinajstić information content (AvgIpc) is 2.86. The Morgan fingerprint density at radius 2 is 2.00 bits per heavy atom. The summed E-state index contributed by atoms with van der Waals surface area (Å²) >= 11 is 0. The fraction of sp³-hybridized carbons (Fsp3) is 0.733. The van der Waals surface area contributed by atoms with Gasteiger partial charge in [0, 0.05) is 31.0 Å². The summed E-state index contributed by atoms with van der Waals surface area (Å²) < 4.78 is 29.6. The van der Waals surface area contributed by atoms with E-state index in [-0.39, 0.29) is 6.04 Å². The van der Waals surface area contributed by atoms with Crippen LogP contribution in [0.2, 0.25) is 0 Å². The van der Waals surface area contributed by atoms with Gasteiger partial charge in [0.25, 0.3) is 0 Å². The highest BCUT2D eigenvalue weighted by atomic mass is 32.2. The monoisotopic (exact) mass is 315 g/mol. The van der Waals surface area contributed by atoms with Gasteiger partial charge >= 0.3 is 0 Å². The van der Waals surface area contributed by atoms with Gasteiger partial charge in [-0.15, -0.1) is 0 Å². The molecule has 0 amide bonds. The third-order valence-electron chi connectivity index (χ3n) is 3.51. The second kappa shape index (κ2) is 8.56. The zero-order valence-electron chi connectivity index (χ0n) is 13.6. The fourth-order valence-corrected chi connectivity index (χ4v) is 3.61. The van der Waals surface area contributed by atoms with Crippen LogP contribution in [-0.2, 0) is 23.1 Å². The van der Waals surface area contributed by atoms with Crippen LogP contribution in [0.5, 0.6) is 0 Å². The van der Waals surface area contributed by atoms with Crippen molar-refractivity contribution in [2.24, 2.45) is 0 Å². The van der Waals surface area contributed by atoms with Gasteiger partial charge < -0.3 is 9.88 Å². The molecular weight excluding hydrogens is 286 g/mol. The lowest BCUT2D eigenvalue weighted by Gasteiger charge is -2.12. The molecule has 0 bridgehead atoms. The van der Waals surface area contributed by atoms with Gasteiger partial charge in [-0.1, -0.05) is 26.7 Å². The van der Waals surface area contributed by atoms with E-state index >= 15 is 0 Å². The third kappa shape index (κ3) is 5.45. The predicted molar refractivity (Wildman–Crippen MR) is 86.8 cm³/mol. The standard InChI is InChI=1S/C15H29N3O2S/c1-5-8-9-13(4)17-21(19,20)15-10-14(11-16-6-2)18(7-3)12-15/h10,12-13,16-17H,5-9,11H2,1-4H3. The van der Waals surface area contributed by atoms with Gasteiger partial charge in [0.05, 0.1) is 4.90 Å². The van der Waals surface area contributed by atoms with Gasteiger partial charge in [0.15, 0.2) is 0 Å². The minimum Gasteiger partial charge on any atom is -0.349 e. The van der Waals surface area contributed by atoms with E-state index in [0.29, 0.717) is 11.4 Å². The van der Waals surface area contributed by atoms with Crippen molar-refractivity contribution in [2.45, 2.75) is 71.0 Å². The van der Waals surface area contributed by atoms with Gasteiger partial charge in [-0.3, -0.25) is 0 Å². The molecule has 0 aromatic carbocycles. The van der Waals surface area contributed by atoms with E-state index in [1.807, 2.05) is 25.3 Å². The van der Waals surface area contributed by atoms with Crippen LogP contribution in [0.25, 0.3) is 0 Å². The molecule has 0 saturated heterocycles. The summed E-state index contributed by atoms with van der Waals surface area (Å²) in [4.78, 5) is 0.362. The Labute approximate surface area is 129 Å². The molecular formula is C15H29N3O2S. The molecule has 122 valence electrons. The highest BCUT2D eigenvalue weighted by Gasteiger charge is 2.20. The molecule has 6 heteroatoms. The van der Waals surface area contributed by atoms with Crippen LogP contribution in [0.15, 0.2) is 17.2 Å². The summed E-state index contributed by atoms with van der Waals surface area (Å²) in [6.07, 6.45) is 4.70. The molecule has 21 heavy (non-hydrogen) atoms. The van der Waals surface area contributed by atoms with Gasteiger partial charge in [-0.25, -0.2) is 13.1 Å². The normalized spacial score (nSPS) is 13.5. The van der Waals surface area contributed by atoms with E-state index in [9.17, 15) is 8.42 Å². The Hall–Kier alpha value is -0.850. The van der Waals surface area contributed by atoms with Gasteiger partial charge in [0.1, 0.15) is 0 Å². The number of aromatic nitrogens is 1. The van der Waals surface area contributed by atoms with Crippen LogP contribution in [0.3, 0.4) is 0 Å². The van der Waals surface area contributed by atoms with E-state index in [0.717, 1.165) is 38.0 Å². The van der Waals surface area contributed by atoms with Crippen molar-refractivity contribution in [2.75, 3.05) is 6.54 Å². The molecule has 0 fully saturated rings. The Bertz CT molecular complexity index is 523. The minimum atomic E-state index is -3.43. The third-order valence-corrected chi connectivity index (χ3v) is 5.07. The van der Waals surface area contributed by atoms with Crippen molar-refractivity contribution < 1.29 is 8.42 Å². The lowest BCUT2D eigenvalue weighted by Crippen LogP contribution is -2.32. The Morgan fingerprint density at radius 3 is 2.57 bits per heavy atom. The molecule has 2 N–H and O–H groups in total. The second-order valence-corrected chi connectivity index (χ2v) is 7.11. The lowest BCUT2D eigenvalue weighted by molar-refractivity contribution is 0.534. The van der Waals surface area contributed by atoms with Crippen molar-refractivity contribution >= 4 is 10.0 Å². The summed E-state index contributed by atoms with van der Waals surface area (Å²) in [6, 6.07) is 1.73. The molecule has 0 aliphatic rings. The molecule has 0 aliphatic heterocycles. The Morgan fingerprint density at radius 1 is 1.29 bits per heavy atom. The number of hydrogen-bond acceptors (Lipinski definition) is 3. The number of aryl methyl sites for hydroxylation is 1. The number of unbranched alkanes of at least 4 members (excludes halogenated alkanes) is 1. The van der Waals surface area contributed by atoms with Crippen LogP contribution in [0.4, 0.5) is 0 Å². The van der Waals surface area contributed by atoms with Crippen LogP contribution in [0.1, 0.15) is 52.7 Å². The van der Waals surface area contributed by atoms with E-state index < -0.39 is 10.0 Å². The van der Waals surface area contributed by atoms with Crippen LogP contribution < -0.4 is 10.0 Å². The quantitative estimate of drug-likeness (QED) is 0.697. The summed E-state index contributed by atoms with van der Waals surface area (Å²) in [6.45, 7) is 10.4. The first-order valence-electron chi connectivity index (χ1n) is 7.86.